The normalized spacial score (nSPS) is 17.6. The molecule has 11 nitrogen and oxygen atoms in total. The van der Waals surface area contributed by atoms with Crippen molar-refractivity contribution in [2.45, 2.75) is 51.7 Å². The summed E-state index contributed by atoms with van der Waals surface area (Å²) in [6.45, 7) is 5.42. The SMILES string of the molecule is COc1cc(C(=O)N2C[C@H](N)CCN2C)cc2nc(-c3cc4ccc([C@@H](C)NC(=O)c5cccc(F)c5C)nc4n3CC3CC3)n(C)c12. The molecular weight excluding hydrogens is 611 g/mol. The van der Waals surface area contributed by atoms with E-state index in [1.165, 1.54) is 12.1 Å². The van der Waals surface area contributed by atoms with Gasteiger partial charge < -0.3 is 24.9 Å². The molecule has 7 rings (SSSR count). The molecule has 12 heteroatoms. The van der Waals surface area contributed by atoms with Crippen LogP contribution in [0, 0.1) is 18.7 Å². The number of aromatic nitrogens is 4. The Morgan fingerprint density at radius 2 is 1.90 bits per heavy atom. The third-order valence-electron chi connectivity index (χ3n) is 9.71. The number of hydrogen-bond donors (Lipinski definition) is 2. The highest BCUT2D eigenvalue weighted by atomic mass is 19.1. The van der Waals surface area contributed by atoms with Crippen molar-refractivity contribution in [1.82, 2.24) is 34.4 Å². The van der Waals surface area contributed by atoms with Crippen LogP contribution in [0.25, 0.3) is 33.6 Å². The maximum absolute atomic E-state index is 14.1. The number of benzene rings is 2. The van der Waals surface area contributed by atoms with Crippen LogP contribution in [0.15, 0.2) is 48.5 Å². The van der Waals surface area contributed by atoms with Crippen LogP contribution in [0.4, 0.5) is 4.39 Å². The minimum Gasteiger partial charge on any atom is -0.494 e. The van der Waals surface area contributed by atoms with Crippen LogP contribution in [0.2, 0.25) is 0 Å². The molecule has 2 aliphatic rings. The summed E-state index contributed by atoms with van der Waals surface area (Å²) in [4.78, 5) is 36.9. The lowest BCUT2D eigenvalue weighted by Crippen LogP contribution is -2.55. The molecule has 1 saturated heterocycles. The first-order valence-corrected chi connectivity index (χ1v) is 16.4. The van der Waals surface area contributed by atoms with Gasteiger partial charge in [-0.1, -0.05) is 6.07 Å². The minimum absolute atomic E-state index is 0.0726. The fraction of sp³-hybridized carbons (Fsp3) is 0.389. The molecule has 1 aliphatic carbocycles. The first kappa shape index (κ1) is 31.8. The standard InChI is InChI=1S/C36H41FN8O3/c1-20-26(7-6-8-27(20)37)35(46)39-21(2)28-12-11-23-16-30(44(33(23)40-28)18-22-9-10-22)34-41-29-15-24(17-31(48-5)32(29)43(34)4)36(47)45-19-25(38)13-14-42(45)3/h6-8,11-12,15-17,21-22,25H,9-10,13-14,18-19,38H2,1-5H3,(H,39,46)/t21-,25-/m1/s1. The zero-order chi connectivity index (χ0) is 33.9. The van der Waals surface area contributed by atoms with Crippen molar-refractivity contribution in [3.63, 3.8) is 0 Å². The van der Waals surface area contributed by atoms with Crippen LogP contribution in [-0.4, -0.2) is 74.2 Å². The summed E-state index contributed by atoms with van der Waals surface area (Å²) in [5, 5.41) is 7.55. The van der Waals surface area contributed by atoms with E-state index in [2.05, 4.69) is 16.0 Å². The number of nitrogens with one attached hydrogen (secondary N) is 1. The summed E-state index contributed by atoms with van der Waals surface area (Å²) >= 11 is 0. The average Bonchev–Trinajstić information content (AvgIpc) is 3.75. The lowest BCUT2D eigenvalue weighted by Gasteiger charge is -2.38. The lowest BCUT2D eigenvalue weighted by atomic mass is 10.1. The number of pyridine rings is 1. The molecule has 2 fully saturated rings. The largest absolute Gasteiger partial charge is 0.494 e. The third-order valence-corrected chi connectivity index (χ3v) is 9.71. The Morgan fingerprint density at radius 3 is 2.65 bits per heavy atom. The fourth-order valence-electron chi connectivity index (χ4n) is 6.65. The molecule has 0 spiro atoms. The van der Waals surface area contributed by atoms with Crippen LogP contribution in [-0.2, 0) is 13.6 Å². The van der Waals surface area contributed by atoms with Crippen LogP contribution in [0.5, 0.6) is 5.75 Å². The van der Waals surface area contributed by atoms with Gasteiger partial charge in [-0.05, 0) is 87.1 Å². The Hall–Kier alpha value is -4.81. The fourth-order valence-corrected chi connectivity index (χ4v) is 6.65. The molecule has 2 aromatic carbocycles. The average molecular weight is 653 g/mol. The maximum atomic E-state index is 14.1. The Morgan fingerprint density at radius 1 is 1.10 bits per heavy atom. The molecule has 0 bridgehead atoms. The molecule has 1 aliphatic heterocycles. The van der Waals surface area contributed by atoms with Crippen LogP contribution < -0.4 is 15.8 Å². The molecule has 3 aromatic heterocycles. The highest BCUT2D eigenvalue weighted by molar-refractivity contribution is 6.00. The molecule has 2 amide bonds. The van der Waals surface area contributed by atoms with Gasteiger partial charge in [0.25, 0.3) is 11.8 Å². The smallest absolute Gasteiger partial charge is 0.268 e. The van der Waals surface area contributed by atoms with Gasteiger partial charge in [0.15, 0.2) is 5.82 Å². The predicted octanol–water partition coefficient (Wildman–Crippen LogP) is 4.97. The Kier molecular flexibility index (Phi) is 8.16. The summed E-state index contributed by atoms with van der Waals surface area (Å²) in [6.07, 6.45) is 3.13. The summed E-state index contributed by atoms with van der Waals surface area (Å²) < 4.78 is 24.2. The van der Waals surface area contributed by atoms with Crippen molar-refractivity contribution in [3.05, 3.63) is 76.7 Å². The summed E-state index contributed by atoms with van der Waals surface area (Å²) in [7, 11) is 5.45. The number of nitrogens with two attached hydrogens (primary N) is 1. The number of aryl methyl sites for hydroxylation is 1. The van der Waals surface area contributed by atoms with Gasteiger partial charge in [0, 0.05) is 49.7 Å². The molecule has 250 valence electrons. The third kappa shape index (κ3) is 5.68. The second-order valence-corrected chi connectivity index (χ2v) is 13.2. The Bertz CT molecular complexity index is 2070. The van der Waals surface area contributed by atoms with Crippen molar-refractivity contribution < 1.29 is 18.7 Å². The molecule has 4 heterocycles. The maximum Gasteiger partial charge on any atom is 0.268 e. The Labute approximate surface area is 278 Å². The summed E-state index contributed by atoms with van der Waals surface area (Å²) in [5.41, 5.74) is 11.1. The number of nitrogens with zero attached hydrogens (tertiary/aromatic N) is 6. The van der Waals surface area contributed by atoms with Gasteiger partial charge in [0.1, 0.15) is 22.7 Å². The van der Waals surface area contributed by atoms with E-state index >= 15 is 0 Å². The van der Waals surface area contributed by atoms with Gasteiger partial charge in [-0.25, -0.2) is 19.4 Å². The van der Waals surface area contributed by atoms with E-state index in [0.29, 0.717) is 52.7 Å². The topological polar surface area (TPSA) is 124 Å². The van der Waals surface area contributed by atoms with E-state index in [-0.39, 0.29) is 17.9 Å². The second-order valence-electron chi connectivity index (χ2n) is 13.2. The number of fused-ring (bicyclic) bond motifs is 2. The molecule has 2 atom stereocenters. The summed E-state index contributed by atoms with van der Waals surface area (Å²) in [5.74, 6) is 0.920. The number of rotatable bonds is 8. The molecule has 5 aromatic rings. The van der Waals surface area contributed by atoms with E-state index in [1.807, 2.05) is 48.8 Å². The van der Waals surface area contributed by atoms with Crippen LogP contribution >= 0.6 is 0 Å². The first-order valence-electron chi connectivity index (χ1n) is 16.4. The number of methoxy groups -OCH3 is 1. The number of halogens is 1. The van der Waals surface area contributed by atoms with Gasteiger partial charge in [-0.2, -0.15) is 0 Å². The van der Waals surface area contributed by atoms with Gasteiger partial charge in [-0.3, -0.25) is 14.6 Å². The van der Waals surface area contributed by atoms with Crippen molar-refractivity contribution in [1.29, 1.82) is 0 Å². The molecule has 48 heavy (non-hydrogen) atoms. The van der Waals surface area contributed by atoms with Crippen molar-refractivity contribution >= 4 is 33.9 Å². The molecule has 3 N–H and O–H groups in total. The van der Waals surface area contributed by atoms with Crippen LogP contribution in [0.1, 0.15) is 64.2 Å². The van der Waals surface area contributed by atoms with E-state index in [1.54, 1.807) is 31.2 Å². The van der Waals surface area contributed by atoms with Crippen molar-refractivity contribution in [3.8, 4) is 17.3 Å². The number of ether oxygens (including phenoxy) is 1. The highest BCUT2D eigenvalue weighted by Gasteiger charge is 2.30. The van der Waals surface area contributed by atoms with Crippen molar-refractivity contribution in [2.75, 3.05) is 27.2 Å². The quantitative estimate of drug-likeness (QED) is 0.243. The van der Waals surface area contributed by atoms with Gasteiger partial charge >= 0.3 is 0 Å². The highest BCUT2D eigenvalue weighted by Crippen LogP contribution is 2.38. The predicted molar refractivity (Wildman–Crippen MR) is 182 cm³/mol. The number of amides is 2. The lowest BCUT2D eigenvalue weighted by molar-refractivity contribution is -0.0168. The van der Waals surface area contributed by atoms with Gasteiger partial charge in [-0.15, -0.1) is 0 Å². The number of hydrazine groups is 1. The van der Waals surface area contributed by atoms with E-state index in [9.17, 15) is 14.0 Å². The minimum atomic E-state index is -0.415. The van der Waals surface area contributed by atoms with E-state index in [0.717, 1.165) is 53.9 Å². The molecular formula is C36H41FN8O3. The molecule has 0 unspecified atom stereocenters. The van der Waals surface area contributed by atoms with Crippen molar-refractivity contribution in [2.24, 2.45) is 18.7 Å². The number of hydrogen-bond acceptors (Lipinski definition) is 7. The number of imidazole rings is 1. The zero-order valence-corrected chi connectivity index (χ0v) is 28.0. The Balaban J connectivity index is 1.26. The first-order chi connectivity index (χ1) is 23.0. The van der Waals surface area contributed by atoms with E-state index in [4.69, 9.17) is 20.4 Å². The second kappa shape index (κ2) is 12.3. The molecule has 1 saturated carbocycles. The van der Waals surface area contributed by atoms with E-state index < -0.39 is 11.9 Å². The number of carbonyl (C=O) groups excluding carboxylic acids is 2. The zero-order valence-electron chi connectivity index (χ0n) is 28.0. The van der Waals surface area contributed by atoms with Crippen LogP contribution in [0.3, 0.4) is 0 Å². The number of carbonyl (C=O) groups is 2. The monoisotopic (exact) mass is 652 g/mol. The van der Waals surface area contributed by atoms with Gasteiger partial charge in [0.05, 0.1) is 36.6 Å². The van der Waals surface area contributed by atoms with Gasteiger partial charge in [0.2, 0.25) is 0 Å². The summed E-state index contributed by atoms with van der Waals surface area (Å²) in [6, 6.07) is 13.6. The molecule has 0 radical (unpaired) electrons.